The molecule has 4 aromatic heterocycles. The standard InChI is InChI=1S/C54H42N4/c1-9-25-43-35(17-1)36-18-2-10-26-44(36)55(43)51-33-34-52(56-45-27-11-3-19-37(45)38-20-4-12-28-46(38)56)54(58-49-31-15-7-23-41(49)42-24-8-16-32-50(42)58)53(51)57-47-29-13-5-21-39(47)40-22-6-14-30-48(40)57/h1,5-7,9-17,21-23,25-34H,2-4,8,18-20,24H2. The van der Waals surface area contributed by atoms with Crippen LogP contribution in [0.5, 0.6) is 0 Å². The van der Waals surface area contributed by atoms with Crippen LogP contribution in [0.2, 0.25) is 0 Å². The van der Waals surface area contributed by atoms with Crippen molar-refractivity contribution in [1.82, 2.24) is 18.3 Å². The van der Waals surface area contributed by atoms with Crippen molar-refractivity contribution in [1.29, 1.82) is 0 Å². The van der Waals surface area contributed by atoms with Crippen molar-refractivity contribution in [3.63, 3.8) is 0 Å². The van der Waals surface area contributed by atoms with Gasteiger partial charge in [-0.1, -0.05) is 97.1 Å². The Morgan fingerprint density at radius 3 is 1.14 bits per heavy atom. The summed E-state index contributed by atoms with van der Waals surface area (Å²) in [6, 6.07) is 41.2. The van der Waals surface area contributed by atoms with Gasteiger partial charge in [0.15, 0.2) is 0 Å². The number of rotatable bonds is 4. The minimum absolute atomic E-state index is 1.03. The Balaban J connectivity index is 1.30. The third-order valence-corrected chi connectivity index (χ3v) is 13.5. The maximum atomic E-state index is 2.64. The van der Waals surface area contributed by atoms with Gasteiger partial charge in [-0.25, -0.2) is 0 Å². The van der Waals surface area contributed by atoms with Gasteiger partial charge >= 0.3 is 0 Å². The lowest BCUT2D eigenvalue weighted by Gasteiger charge is -2.27. The average molecular weight is 747 g/mol. The lowest BCUT2D eigenvalue weighted by Crippen LogP contribution is -2.16. The van der Waals surface area contributed by atoms with Gasteiger partial charge in [0.05, 0.1) is 44.8 Å². The molecular formula is C54H42N4. The number of hydrogen-bond acceptors (Lipinski definition) is 0. The number of nitrogens with zero attached hydrogens (tertiary/aromatic N) is 4. The third-order valence-electron chi connectivity index (χ3n) is 13.5. The molecule has 0 saturated carbocycles. The molecule has 4 heteroatoms. The van der Waals surface area contributed by atoms with Crippen molar-refractivity contribution in [3.8, 4) is 22.7 Å². The third kappa shape index (κ3) is 4.35. The van der Waals surface area contributed by atoms with E-state index in [0.717, 1.165) is 51.4 Å². The zero-order valence-electron chi connectivity index (χ0n) is 32.5. The molecule has 0 atom stereocenters. The summed E-state index contributed by atoms with van der Waals surface area (Å²) >= 11 is 0. The van der Waals surface area contributed by atoms with E-state index in [1.807, 2.05) is 0 Å². The van der Waals surface area contributed by atoms with Gasteiger partial charge in [0, 0.05) is 44.3 Å². The predicted molar refractivity (Wildman–Crippen MR) is 243 cm³/mol. The maximum Gasteiger partial charge on any atom is 0.0968 e. The Labute approximate surface area is 337 Å². The molecule has 0 unspecified atom stereocenters. The molecule has 0 aliphatic heterocycles. The van der Waals surface area contributed by atoms with E-state index in [2.05, 4.69) is 176 Å². The minimum Gasteiger partial charge on any atom is -0.308 e. The quantitative estimate of drug-likeness (QED) is 0.171. The van der Waals surface area contributed by atoms with Crippen LogP contribution in [0.25, 0.3) is 90.7 Å². The van der Waals surface area contributed by atoms with E-state index in [1.54, 1.807) is 0 Å². The van der Waals surface area contributed by atoms with Crippen LogP contribution in [0.15, 0.2) is 133 Å². The Kier molecular flexibility index (Phi) is 6.89. The molecular weight excluding hydrogens is 705 g/mol. The Hall–Kier alpha value is -6.78. The summed E-state index contributed by atoms with van der Waals surface area (Å²) < 4.78 is 10.5. The summed E-state index contributed by atoms with van der Waals surface area (Å²) in [5.74, 6) is 0. The molecule has 5 aromatic carbocycles. The molecule has 278 valence electrons. The number of hydrogen-bond donors (Lipinski definition) is 0. The number of benzene rings is 5. The van der Waals surface area contributed by atoms with Crippen LogP contribution in [0.4, 0.5) is 0 Å². The van der Waals surface area contributed by atoms with Crippen LogP contribution in [0.3, 0.4) is 0 Å². The summed E-state index contributed by atoms with van der Waals surface area (Å²) in [6.45, 7) is 0. The number of fused-ring (bicyclic) bond motifs is 12. The molecule has 0 amide bonds. The summed E-state index contributed by atoms with van der Waals surface area (Å²) in [5.41, 5.74) is 20.9. The molecule has 4 nitrogen and oxygen atoms in total. The summed E-state index contributed by atoms with van der Waals surface area (Å²) in [4.78, 5) is 0. The number of para-hydroxylation sites is 4. The molecule has 0 spiro atoms. The fourth-order valence-corrected chi connectivity index (χ4v) is 11.1. The number of aryl methyl sites for hydroxylation is 2. The van der Waals surface area contributed by atoms with Crippen LogP contribution >= 0.6 is 0 Å². The predicted octanol–water partition coefficient (Wildman–Crippen LogP) is 13.3. The molecule has 4 heterocycles. The molecule has 0 saturated heterocycles. The normalized spacial score (nSPS) is 15.4. The van der Waals surface area contributed by atoms with Gasteiger partial charge in [-0.3, -0.25) is 0 Å². The topological polar surface area (TPSA) is 19.7 Å². The average Bonchev–Trinajstić information content (AvgIpc) is 4.01. The van der Waals surface area contributed by atoms with Crippen molar-refractivity contribution < 1.29 is 0 Å². The largest absolute Gasteiger partial charge is 0.308 e. The summed E-state index contributed by atoms with van der Waals surface area (Å²) in [7, 11) is 0. The van der Waals surface area contributed by atoms with Crippen molar-refractivity contribution in [2.24, 2.45) is 0 Å². The van der Waals surface area contributed by atoms with Gasteiger partial charge < -0.3 is 18.3 Å². The zero-order chi connectivity index (χ0) is 37.9. The first-order chi connectivity index (χ1) is 28.8. The van der Waals surface area contributed by atoms with E-state index in [0.29, 0.717) is 0 Å². The number of allylic oxidation sites excluding steroid dienone is 4. The van der Waals surface area contributed by atoms with Crippen LogP contribution in [0, 0.1) is 0 Å². The highest BCUT2D eigenvalue weighted by molar-refractivity contribution is 6.10. The lowest BCUT2D eigenvalue weighted by molar-refractivity contribution is 0.919. The fraction of sp³-hybridized carbons (Fsp3) is 0.148. The Bertz CT molecular complexity index is 3250. The SMILES string of the molecule is C1=Cc2c(c3c(n2-c2ccc(-n4c5c(c6ccccc64)CCC=C5)c(-n4c5ccccc5c5ccccc54)c2-n2c4c(c5ccccc52)CCC=C4)C=CCC3)CC1. The molecule has 4 aliphatic rings. The van der Waals surface area contributed by atoms with Gasteiger partial charge in [-0.2, -0.15) is 0 Å². The summed E-state index contributed by atoms with van der Waals surface area (Å²) in [6.07, 6.45) is 27.6. The molecule has 58 heavy (non-hydrogen) atoms. The smallest absolute Gasteiger partial charge is 0.0968 e. The molecule has 0 bridgehead atoms. The van der Waals surface area contributed by atoms with Gasteiger partial charge in [-0.15, -0.1) is 0 Å². The molecule has 13 rings (SSSR count). The van der Waals surface area contributed by atoms with E-state index >= 15 is 0 Å². The second kappa shape index (κ2) is 12.4. The first kappa shape index (κ1) is 32.3. The van der Waals surface area contributed by atoms with Crippen LogP contribution < -0.4 is 0 Å². The lowest BCUT2D eigenvalue weighted by atomic mass is 9.94. The van der Waals surface area contributed by atoms with E-state index < -0.39 is 0 Å². The van der Waals surface area contributed by atoms with E-state index in [1.165, 1.54) is 111 Å². The number of aromatic nitrogens is 4. The van der Waals surface area contributed by atoms with Gasteiger partial charge in [-0.05, 0) is 134 Å². The molecule has 0 fully saturated rings. The molecule has 0 radical (unpaired) electrons. The van der Waals surface area contributed by atoms with E-state index in [9.17, 15) is 0 Å². The zero-order valence-corrected chi connectivity index (χ0v) is 32.5. The van der Waals surface area contributed by atoms with Crippen LogP contribution in [0.1, 0.15) is 70.7 Å². The van der Waals surface area contributed by atoms with Gasteiger partial charge in [0.25, 0.3) is 0 Å². The van der Waals surface area contributed by atoms with Crippen molar-refractivity contribution in [2.45, 2.75) is 51.4 Å². The van der Waals surface area contributed by atoms with E-state index in [-0.39, 0.29) is 0 Å². The Morgan fingerprint density at radius 1 is 0.293 bits per heavy atom. The van der Waals surface area contributed by atoms with Crippen molar-refractivity contribution in [3.05, 3.63) is 179 Å². The van der Waals surface area contributed by atoms with Gasteiger partial charge in [0.1, 0.15) is 0 Å². The van der Waals surface area contributed by atoms with Gasteiger partial charge in [0.2, 0.25) is 0 Å². The monoisotopic (exact) mass is 746 g/mol. The minimum atomic E-state index is 1.03. The highest BCUT2D eigenvalue weighted by atomic mass is 15.1. The second-order valence-corrected chi connectivity index (χ2v) is 16.4. The highest BCUT2D eigenvalue weighted by Gasteiger charge is 2.32. The van der Waals surface area contributed by atoms with Crippen molar-refractivity contribution in [2.75, 3.05) is 0 Å². The molecule has 0 N–H and O–H groups in total. The summed E-state index contributed by atoms with van der Waals surface area (Å²) in [5, 5.41) is 5.21. The maximum absolute atomic E-state index is 2.64. The van der Waals surface area contributed by atoms with E-state index in [4.69, 9.17) is 0 Å². The van der Waals surface area contributed by atoms with Crippen molar-refractivity contribution >= 4 is 67.9 Å². The van der Waals surface area contributed by atoms with Crippen LogP contribution in [-0.4, -0.2) is 18.3 Å². The first-order valence-corrected chi connectivity index (χ1v) is 21.2. The molecule has 4 aliphatic carbocycles. The fourth-order valence-electron chi connectivity index (χ4n) is 11.1. The Morgan fingerprint density at radius 2 is 0.638 bits per heavy atom. The molecule has 9 aromatic rings. The van der Waals surface area contributed by atoms with Crippen LogP contribution in [-0.2, 0) is 25.7 Å². The highest BCUT2D eigenvalue weighted by Crippen LogP contribution is 2.47. The second-order valence-electron chi connectivity index (χ2n) is 16.4. The first-order valence-electron chi connectivity index (χ1n) is 21.2.